The molecule has 0 saturated heterocycles. The fourth-order valence-electron chi connectivity index (χ4n) is 1.35. The highest BCUT2D eigenvalue weighted by molar-refractivity contribution is 7.89. The summed E-state index contributed by atoms with van der Waals surface area (Å²) in [5.41, 5.74) is 0.951. The molecule has 90 valence electrons. The van der Waals surface area contributed by atoms with Crippen molar-refractivity contribution in [3.05, 3.63) is 29.8 Å². The second-order valence-corrected chi connectivity index (χ2v) is 6.16. The van der Waals surface area contributed by atoms with Crippen LogP contribution in [0.5, 0.6) is 0 Å². The van der Waals surface area contributed by atoms with E-state index in [1.165, 1.54) is 0 Å². The minimum absolute atomic E-state index is 0.344. The first-order valence-electron chi connectivity index (χ1n) is 5.48. The average Bonchev–Trinajstić information content (AvgIpc) is 2.16. The van der Waals surface area contributed by atoms with Gasteiger partial charge in [0.1, 0.15) is 0 Å². The number of hydrogen-bond acceptors (Lipinski definition) is 2. The van der Waals surface area contributed by atoms with E-state index in [0.717, 1.165) is 12.0 Å². The van der Waals surface area contributed by atoms with Gasteiger partial charge in [-0.05, 0) is 37.0 Å². The second-order valence-electron chi connectivity index (χ2n) is 4.40. The van der Waals surface area contributed by atoms with Gasteiger partial charge in [0.05, 0.1) is 4.90 Å². The lowest BCUT2D eigenvalue weighted by molar-refractivity contribution is 0.551. The molecule has 1 aromatic rings. The Balaban J connectivity index is 2.71. The standard InChI is InChI=1S/C12H19NO2S/c1-10(2)7-8-13-16(14,15)12-6-4-5-11(3)9-12/h4-6,9-10,13H,7-8H2,1-3H3. The third-order valence-corrected chi connectivity index (χ3v) is 3.77. The molecule has 0 atom stereocenters. The Morgan fingerprint density at radius 3 is 2.56 bits per heavy atom. The largest absolute Gasteiger partial charge is 0.240 e. The summed E-state index contributed by atoms with van der Waals surface area (Å²) in [5, 5.41) is 0. The van der Waals surface area contributed by atoms with Crippen molar-refractivity contribution in [3.63, 3.8) is 0 Å². The molecule has 3 nitrogen and oxygen atoms in total. The van der Waals surface area contributed by atoms with Crippen LogP contribution in [0.25, 0.3) is 0 Å². The predicted octanol–water partition coefficient (Wildman–Crippen LogP) is 2.32. The highest BCUT2D eigenvalue weighted by Gasteiger charge is 2.12. The summed E-state index contributed by atoms with van der Waals surface area (Å²) in [6, 6.07) is 6.93. The van der Waals surface area contributed by atoms with Crippen molar-refractivity contribution in [1.82, 2.24) is 4.72 Å². The number of aryl methyl sites for hydroxylation is 1. The Kier molecular flexibility index (Phi) is 4.50. The molecule has 0 bridgehead atoms. The molecular formula is C12H19NO2S. The van der Waals surface area contributed by atoms with Crippen LogP contribution >= 0.6 is 0 Å². The summed E-state index contributed by atoms with van der Waals surface area (Å²) in [6.45, 7) is 6.52. The molecule has 1 rings (SSSR count). The molecule has 0 heterocycles. The quantitative estimate of drug-likeness (QED) is 0.860. The third kappa shape index (κ3) is 3.94. The average molecular weight is 241 g/mol. The van der Waals surface area contributed by atoms with E-state index in [2.05, 4.69) is 18.6 Å². The minimum atomic E-state index is -3.33. The number of benzene rings is 1. The third-order valence-electron chi connectivity index (χ3n) is 2.31. The second kappa shape index (κ2) is 5.46. The SMILES string of the molecule is Cc1cccc(S(=O)(=O)NCCC(C)C)c1. The van der Waals surface area contributed by atoms with Crippen molar-refractivity contribution in [2.75, 3.05) is 6.54 Å². The van der Waals surface area contributed by atoms with Crippen molar-refractivity contribution in [2.24, 2.45) is 5.92 Å². The molecule has 0 amide bonds. The maximum absolute atomic E-state index is 11.9. The van der Waals surface area contributed by atoms with Crippen LogP contribution in [0.15, 0.2) is 29.2 Å². The smallest absolute Gasteiger partial charge is 0.211 e. The molecule has 0 spiro atoms. The number of hydrogen-bond donors (Lipinski definition) is 1. The first-order chi connectivity index (χ1) is 7.42. The molecule has 0 radical (unpaired) electrons. The van der Waals surface area contributed by atoms with Crippen molar-refractivity contribution in [3.8, 4) is 0 Å². The first kappa shape index (κ1) is 13.2. The predicted molar refractivity (Wildman–Crippen MR) is 65.8 cm³/mol. The Morgan fingerprint density at radius 1 is 1.31 bits per heavy atom. The van der Waals surface area contributed by atoms with Gasteiger partial charge in [0.2, 0.25) is 10.0 Å². The molecule has 0 aliphatic heterocycles. The van der Waals surface area contributed by atoms with Crippen LogP contribution in [0.3, 0.4) is 0 Å². The molecule has 4 heteroatoms. The lowest BCUT2D eigenvalue weighted by Crippen LogP contribution is -2.25. The van der Waals surface area contributed by atoms with Gasteiger partial charge in [0, 0.05) is 6.54 Å². The summed E-state index contributed by atoms with van der Waals surface area (Å²) in [5.74, 6) is 0.500. The lowest BCUT2D eigenvalue weighted by Gasteiger charge is -2.08. The van der Waals surface area contributed by atoms with E-state index in [-0.39, 0.29) is 0 Å². The zero-order chi connectivity index (χ0) is 12.2. The number of rotatable bonds is 5. The van der Waals surface area contributed by atoms with Crippen LogP contribution in [-0.4, -0.2) is 15.0 Å². The monoisotopic (exact) mass is 241 g/mol. The van der Waals surface area contributed by atoms with Gasteiger partial charge in [-0.15, -0.1) is 0 Å². The van der Waals surface area contributed by atoms with Crippen LogP contribution in [0.1, 0.15) is 25.8 Å². The molecule has 0 fully saturated rings. The Labute approximate surface area is 97.9 Å². The van der Waals surface area contributed by atoms with Crippen LogP contribution in [0, 0.1) is 12.8 Å². The van der Waals surface area contributed by atoms with E-state index >= 15 is 0 Å². The van der Waals surface area contributed by atoms with E-state index in [9.17, 15) is 8.42 Å². The fourth-order valence-corrected chi connectivity index (χ4v) is 2.50. The van der Waals surface area contributed by atoms with Gasteiger partial charge >= 0.3 is 0 Å². The molecule has 16 heavy (non-hydrogen) atoms. The van der Waals surface area contributed by atoms with E-state index in [4.69, 9.17) is 0 Å². The Hall–Kier alpha value is -0.870. The van der Waals surface area contributed by atoms with E-state index < -0.39 is 10.0 Å². The van der Waals surface area contributed by atoms with Gasteiger partial charge in [-0.2, -0.15) is 0 Å². The zero-order valence-electron chi connectivity index (χ0n) is 10.0. The van der Waals surface area contributed by atoms with Crippen LogP contribution in [0.4, 0.5) is 0 Å². The van der Waals surface area contributed by atoms with Crippen LogP contribution < -0.4 is 4.72 Å². The minimum Gasteiger partial charge on any atom is -0.211 e. The van der Waals surface area contributed by atoms with Crippen molar-refractivity contribution in [2.45, 2.75) is 32.1 Å². The summed E-state index contributed by atoms with van der Waals surface area (Å²) in [4.78, 5) is 0.344. The number of sulfonamides is 1. The highest BCUT2D eigenvalue weighted by atomic mass is 32.2. The topological polar surface area (TPSA) is 46.2 Å². The highest BCUT2D eigenvalue weighted by Crippen LogP contribution is 2.10. The summed E-state index contributed by atoms with van der Waals surface area (Å²) >= 11 is 0. The van der Waals surface area contributed by atoms with E-state index in [1.807, 2.05) is 13.0 Å². The van der Waals surface area contributed by atoms with E-state index in [1.54, 1.807) is 18.2 Å². The van der Waals surface area contributed by atoms with Crippen LogP contribution in [-0.2, 0) is 10.0 Å². The Bertz CT molecular complexity index is 438. The van der Waals surface area contributed by atoms with E-state index in [0.29, 0.717) is 17.4 Å². The summed E-state index contributed by atoms with van der Waals surface area (Å²) < 4.78 is 26.3. The molecule has 0 aliphatic carbocycles. The fraction of sp³-hybridized carbons (Fsp3) is 0.500. The Morgan fingerprint density at radius 2 is 2.00 bits per heavy atom. The summed E-state index contributed by atoms with van der Waals surface area (Å²) in [7, 11) is -3.33. The van der Waals surface area contributed by atoms with Crippen molar-refractivity contribution >= 4 is 10.0 Å². The molecule has 1 N–H and O–H groups in total. The first-order valence-corrected chi connectivity index (χ1v) is 6.96. The van der Waals surface area contributed by atoms with Crippen LogP contribution in [0.2, 0.25) is 0 Å². The lowest BCUT2D eigenvalue weighted by atomic mass is 10.1. The van der Waals surface area contributed by atoms with Gasteiger partial charge in [-0.1, -0.05) is 26.0 Å². The summed E-state index contributed by atoms with van der Waals surface area (Å²) in [6.07, 6.45) is 0.852. The molecular weight excluding hydrogens is 222 g/mol. The normalized spacial score (nSPS) is 12.0. The van der Waals surface area contributed by atoms with Gasteiger partial charge in [0.25, 0.3) is 0 Å². The van der Waals surface area contributed by atoms with Gasteiger partial charge in [0.15, 0.2) is 0 Å². The van der Waals surface area contributed by atoms with Gasteiger partial charge in [-0.3, -0.25) is 0 Å². The van der Waals surface area contributed by atoms with Crippen molar-refractivity contribution < 1.29 is 8.42 Å². The maximum Gasteiger partial charge on any atom is 0.240 e. The molecule has 0 aliphatic rings. The van der Waals surface area contributed by atoms with Crippen molar-refractivity contribution in [1.29, 1.82) is 0 Å². The molecule has 0 aromatic heterocycles. The molecule has 0 unspecified atom stereocenters. The maximum atomic E-state index is 11.9. The van der Waals surface area contributed by atoms with Gasteiger partial charge in [-0.25, -0.2) is 13.1 Å². The molecule has 1 aromatic carbocycles. The van der Waals surface area contributed by atoms with Gasteiger partial charge < -0.3 is 0 Å². The zero-order valence-corrected chi connectivity index (χ0v) is 10.8. The molecule has 0 saturated carbocycles. The number of nitrogens with one attached hydrogen (secondary N) is 1.